The van der Waals surface area contributed by atoms with Gasteiger partial charge in [-0.05, 0) is 37.4 Å². The van der Waals surface area contributed by atoms with E-state index in [2.05, 4.69) is 34.5 Å². The van der Waals surface area contributed by atoms with Crippen molar-refractivity contribution in [3.05, 3.63) is 35.4 Å². The summed E-state index contributed by atoms with van der Waals surface area (Å²) in [6, 6.07) is 8.72. The number of likely N-dealkylation sites (N-methyl/N-ethyl adjacent to an activating group) is 2. The molecule has 0 bridgehead atoms. The molecule has 5 nitrogen and oxygen atoms in total. The molecule has 0 saturated heterocycles. The average molecular weight is 317 g/mol. The van der Waals surface area contributed by atoms with Gasteiger partial charge in [0, 0.05) is 19.6 Å². The van der Waals surface area contributed by atoms with Crippen molar-refractivity contribution < 1.29 is 9.59 Å². The van der Waals surface area contributed by atoms with Gasteiger partial charge >= 0.3 is 0 Å². The van der Waals surface area contributed by atoms with Gasteiger partial charge in [0.05, 0.1) is 13.1 Å². The highest BCUT2D eigenvalue weighted by molar-refractivity contribution is 5.85. The quantitative estimate of drug-likeness (QED) is 0.831. The molecular formula is C18H27N3O2. The van der Waals surface area contributed by atoms with E-state index in [4.69, 9.17) is 0 Å². The highest BCUT2D eigenvalue weighted by atomic mass is 16.2. The van der Waals surface area contributed by atoms with Gasteiger partial charge in [-0.25, -0.2) is 0 Å². The van der Waals surface area contributed by atoms with E-state index in [1.54, 1.807) is 7.05 Å². The second-order valence-electron chi connectivity index (χ2n) is 6.27. The highest BCUT2D eigenvalue weighted by Crippen LogP contribution is 2.34. The molecule has 0 fully saturated rings. The van der Waals surface area contributed by atoms with Crippen LogP contribution in [0.4, 0.5) is 0 Å². The molecule has 1 atom stereocenters. The summed E-state index contributed by atoms with van der Waals surface area (Å²) in [5.41, 5.74) is 2.70. The largest absolute Gasteiger partial charge is 0.355 e. The summed E-state index contributed by atoms with van der Waals surface area (Å²) in [7, 11) is 3.67. The van der Waals surface area contributed by atoms with Gasteiger partial charge in [0.1, 0.15) is 0 Å². The maximum Gasteiger partial charge on any atom is 0.239 e. The van der Waals surface area contributed by atoms with Crippen LogP contribution in [0.3, 0.4) is 0 Å². The van der Waals surface area contributed by atoms with Gasteiger partial charge in [0.25, 0.3) is 0 Å². The zero-order valence-electron chi connectivity index (χ0n) is 14.3. The molecule has 0 radical (unpaired) electrons. The molecule has 2 amide bonds. The van der Waals surface area contributed by atoms with E-state index >= 15 is 0 Å². The van der Waals surface area contributed by atoms with Crippen molar-refractivity contribution in [1.29, 1.82) is 0 Å². The first-order valence-corrected chi connectivity index (χ1v) is 8.31. The van der Waals surface area contributed by atoms with Crippen molar-refractivity contribution in [2.24, 2.45) is 0 Å². The number of benzene rings is 1. The molecule has 23 heavy (non-hydrogen) atoms. The molecular weight excluding hydrogens is 290 g/mol. The Kier molecular flexibility index (Phi) is 6.16. The van der Waals surface area contributed by atoms with Gasteiger partial charge in [-0.2, -0.15) is 0 Å². The highest BCUT2D eigenvalue weighted by Gasteiger charge is 2.27. The maximum atomic E-state index is 12.3. The Hall–Kier alpha value is -1.88. The first-order valence-electron chi connectivity index (χ1n) is 8.31. The molecule has 0 aliphatic heterocycles. The van der Waals surface area contributed by atoms with Crippen LogP contribution in [0.5, 0.6) is 0 Å². The zero-order valence-corrected chi connectivity index (χ0v) is 14.3. The van der Waals surface area contributed by atoms with E-state index in [-0.39, 0.29) is 24.4 Å². The Morgan fingerprint density at radius 1 is 1.22 bits per heavy atom. The number of nitrogens with zero attached hydrogens (tertiary/aromatic N) is 2. The fourth-order valence-electron chi connectivity index (χ4n) is 3.06. The minimum Gasteiger partial charge on any atom is -0.355 e. The Labute approximate surface area is 138 Å². The number of fused-ring (bicyclic) bond motifs is 1. The molecule has 1 aliphatic rings. The molecule has 1 N–H and O–H groups in total. The van der Waals surface area contributed by atoms with Crippen LogP contribution in [0.2, 0.25) is 0 Å². The minimum absolute atomic E-state index is 0.0245. The summed E-state index contributed by atoms with van der Waals surface area (Å²) in [6.07, 6.45) is 3.01. The molecule has 2 rings (SSSR count). The predicted molar refractivity (Wildman–Crippen MR) is 91.1 cm³/mol. The number of amides is 2. The fraction of sp³-hybridized carbons (Fsp3) is 0.556. The first kappa shape index (κ1) is 17.5. The van der Waals surface area contributed by atoms with Crippen LogP contribution in [0.25, 0.3) is 0 Å². The van der Waals surface area contributed by atoms with Gasteiger partial charge in [-0.1, -0.05) is 31.2 Å². The zero-order chi connectivity index (χ0) is 16.8. The molecule has 1 aromatic rings. The Balaban J connectivity index is 1.86. The summed E-state index contributed by atoms with van der Waals surface area (Å²) < 4.78 is 0. The molecule has 0 spiro atoms. The molecule has 0 unspecified atom stereocenters. The van der Waals surface area contributed by atoms with Gasteiger partial charge in [-0.3, -0.25) is 14.5 Å². The summed E-state index contributed by atoms with van der Waals surface area (Å²) in [5.74, 6) is -0.125. The van der Waals surface area contributed by atoms with E-state index in [0.29, 0.717) is 13.1 Å². The van der Waals surface area contributed by atoms with Gasteiger partial charge < -0.3 is 10.2 Å². The van der Waals surface area contributed by atoms with Crippen LogP contribution in [-0.2, 0) is 16.0 Å². The third-order valence-corrected chi connectivity index (χ3v) is 4.40. The normalized spacial score (nSPS) is 16.3. The first-order chi connectivity index (χ1) is 11.0. The van der Waals surface area contributed by atoms with Crippen LogP contribution in [0.1, 0.15) is 36.9 Å². The molecule has 126 valence electrons. The Bertz CT molecular complexity index is 559. The SMILES string of the molecule is CCCNC(=O)CN(C)C(=O)CN(C)[C@H]1CCc2ccccc21. The number of nitrogens with one attached hydrogen (secondary N) is 1. The standard InChI is InChI=1S/C18H27N3O2/c1-4-11-19-17(22)12-21(3)18(23)13-20(2)16-10-9-14-7-5-6-8-15(14)16/h5-8,16H,4,9-13H2,1-3H3,(H,19,22)/t16-/m0/s1. The van der Waals surface area contributed by atoms with Crippen molar-refractivity contribution in [2.45, 2.75) is 32.2 Å². The summed E-state index contributed by atoms with van der Waals surface area (Å²) in [6.45, 7) is 3.10. The molecule has 0 heterocycles. The number of aryl methyl sites for hydroxylation is 1. The number of carbonyl (C=O) groups excluding carboxylic acids is 2. The lowest BCUT2D eigenvalue weighted by atomic mass is 10.1. The van der Waals surface area contributed by atoms with Crippen LogP contribution in [0.15, 0.2) is 24.3 Å². The Morgan fingerprint density at radius 3 is 2.70 bits per heavy atom. The topological polar surface area (TPSA) is 52.7 Å². The van der Waals surface area contributed by atoms with E-state index in [1.807, 2.05) is 14.0 Å². The van der Waals surface area contributed by atoms with Crippen LogP contribution >= 0.6 is 0 Å². The second kappa shape index (κ2) is 8.11. The molecule has 0 aromatic heterocycles. The molecule has 1 aromatic carbocycles. The molecule has 1 aliphatic carbocycles. The van der Waals surface area contributed by atoms with Gasteiger partial charge in [0.15, 0.2) is 0 Å². The predicted octanol–water partition coefficient (Wildman–Crippen LogP) is 1.59. The van der Waals surface area contributed by atoms with E-state index in [9.17, 15) is 9.59 Å². The van der Waals surface area contributed by atoms with Gasteiger partial charge in [-0.15, -0.1) is 0 Å². The van der Waals surface area contributed by atoms with Crippen molar-refractivity contribution in [2.75, 3.05) is 33.7 Å². The lowest BCUT2D eigenvalue weighted by molar-refractivity contribution is -0.135. The third-order valence-electron chi connectivity index (χ3n) is 4.40. The smallest absolute Gasteiger partial charge is 0.239 e. The monoisotopic (exact) mass is 317 g/mol. The third kappa shape index (κ3) is 4.55. The van der Waals surface area contributed by atoms with Crippen molar-refractivity contribution in [1.82, 2.24) is 15.1 Å². The minimum atomic E-state index is -0.100. The second-order valence-corrected chi connectivity index (χ2v) is 6.27. The lowest BCUT2D eigenvalue weighted by Crippen LogP contribution is -2.43. The number of hydrogen-bond donors (Lipinski definition) is 1. The van der Waals surface area contributed by atoms with Crippen LogP contribution in [-0.4, -0.2) is 55.3 Å². The van der Waals surface area contributed by atoms with Crippen molar-refractivity contribution in [3.8, 4) is 0 Å². The maximum absolute atomic E-state index is 12.3. The van der Waals surface area contributed by atoms with E-state index < -0.39 is 0 Å². The van der Waals surface area contributed by atoms with Crippen LogP contribution in [0, 0.1) is 0 Å². The van der Waals surface area contributed by atoms with Crippen molar-refractivity contribution >= 4 is 11.8 Å². The van der Waals surface area contributed by atoms with E-state index in [1.165, 1.54) is 16.0 Å². The average Bonchev–Trinajstić information content (AvgIpc) is 2.96. The van der Waals surface area contributed by atoms with E-state index in [0.717, 1.165) is 19.3 Å². The van der Waals surface area contributed by atoms with Crippen molar-refractivity contribution in [3.63, 3.8) is 0 Å². The number of rotatable bonds is 7. The molecule has 5 heteroatoms. The fourth-order valence-corrected chi connectivity index (χ4v) is 3.06. The lowest BCUT2D eigenvalue weighted by Gasteiger charge is -2.27. The number of hydrogen-bond acceptors (Lipinski definition) is 3. The van der Waals surface area contributed by atoms with Crippen LogP contribution < -0.4 is 5.32 Å². The summed E-state index contributed by atoms with van der Waals surface area (Å²) in [5, 5.41) is 2.79. The number of carbonyl (C=O) groups is 2. The summed E-state index contributed by atoms with van der Waals surface area (Å²) >= 11 is 0. The Morgan fingerprint density at radius 2 is 1.96 bits per heavy atom. The summed E-state index contributed by atoms with van der Waals surface area (Å²) in [4.78, 5) is 27.6. The van der Waals surface area contributed by atoms with Gasteiger partial charge in [0.2, 0.25) is 11.8 Å². The molecule has 0 saturated carbocycles.